The molecule has 3 aromatic rings. The Morgan fingerprint density at radius 1 is 0.765 bits per heavy atom. The highest BCUT2D eigenvalue weighted by Crippen LogP contribution is 2.44. The molecule has 0 saturated heterocycles. The summed E-state index contributed by atoms with van der Waals surface area (Å²) in [6.07, 6.45) is 0.356. The van der Waals surface area contributed by atoms with Crippen molar-refractivity contribution in [2.24, 2.45) is 28.3 Å². The monoisotopic (exact) mass is 698 g/mol. The normalized spacial score (nSPS) is 14.2. The van der Waals surface area contributed by atoms with Gasteiger partial charge in [0.2, 0.25) is 11.8 Å². The largest absolute Gasteiger partial charge is 0.459 e. The van der Waals surface area contributed by atoms with Gasteiger partial charge in [-0.15, -0.1) is 0 Å². The molecule has 0 radical (unpaired) electrons. The number of hydrogen-bond donors (Lipinski definition) is 5. The van der Waals surface area contributed by atoms with Crippen molar-refractivity contribution in [2.45, 2.75) is 77.6 Å². The lowest BCUT2D eigenvalue weighted by atomic mass is 9.98. The summed E-state index contributed by atoms with van der Waals surface area (Å²) in [6.45, 7) is 7.67. The van der Waals surface area contributed by atoms with Crippen LogP contribution in [0.4, 0.5) is 4.79 Å². The van der Waals surface area contributed by atoms with Crippen LogP contribution in [0.5, 0.6) is 0 Å². The molecule has 51 heavy (non-hydrogen) atoms. The van der Waals surface area contributed by atoms with Crippen molar-refractivity contribution in [3.63, 3.8) is 0 Å². The maximum atomic E-state index is 13.8. The molecular weight excluding hydrogens is 648 g/mol. The molecule has 0 aromatic heterocycles. The first-order chi connectivity index (χ1) is 24.5. The number of amides is 3. The summed E-state index contributed by atoms with van der Waals surface area (Å²) in [6, 6.07) is 22.2. The summed E-state index contributed by atoms with van der Waals surface area (Å²) in [7, 11) is 0. The van der Waals surface area contributed by atoms with Crippen LogP contribution in [-0.4, -0.2) is 61.1 Å². The van der Waals surface area contributed by atoms with E-state index in [1.807, 2.05) is 80.6 Å². The number of rotatable bonds is 17. The highest BCUT2D eigenvalue weighted by molar-refractivity contribution is 5.93. The number of nitrogens with two attached hydrogens (primary N) is 2. The van der Waals surface area contributed by atoms with Crippen LogP contribution < -0.4 is 27.4 Å². The molecule has 272 valence electrons. The van der Waals surface area contributed by atoms with Crippen LogP contribution in [0.25, 0.3) is 11.1 Å². The predicted octanol–water partition coefficient (Wildman–Crippen LogP) is 4.36. The van der Waals surface area contributed by atoms with Crippen LogP contribution in [0.15, 0.2) is 83.9 Å². The lowest BCUT2D eigenvalue weighted by Gasteiger charge is -2.28. The molecule has 12 nitrogen and oxygen atoms in total. The summed E-state index contributed by atoms with van der Waals surface area (Å²) in [5.74, 6) is -2.57. The average molecular weight is 699 g/mol. The molecular formula is C39H50N6O6. The van der Waals surface area contributed by atoms with E-state index in [4.69, 9.17) is 20.9 Å². The van der Waals surface area contributed by atoms with E-state index < -0.39 is 42.0 Å². The van der Waals surface area contributed by atoms with Crippen LogP contribution in [0.3, 0.4) is 0 Å². The Hall–Kier alpha value is -5.39. The molecule has 0 fully saturated rings. The van der Waals surface area contributed by atoms with Crippen LogP contribution in [0, 0.1) is 11.8 Å². The van der Waals surface area contributed by atoms with Crippen LogP contribution >= 0.6 is 0 Å². The van der Waals surface area contributed by atoms with Gasteiger partial charge in [-0.25, -0.2) is 9.59 Å². The van der Waals surface area contributed by atoms with Gasteiger partial charge in [0, 0.05) is 12.5 Å². The van der Waals surface area contributed by atoms with Gasteiger partial charge >= 0.3 is 12.1 Å². The molecule has 4 unspecified atom stereocenters. The molecule has 0 bridgehead atoms. The molecule has 0 heterocycles. The molecule has 1 aliphatic carbocycles. The molecule has 4 atom stereocenters. The Balaban J connectivity index is 1.43. The van der Waals surface area contributed by atoms with Gasteiger partial charge in [-0.05, 0) is 52.5 Å². The van der Waals surface area contributed by atoms with E-state index in [2.05, 4.69) is 33.1 Å². The molecule has 0 spiro atoms. The Labute approximate surface area is 299 Å². The molecule has 1 aliphatic rings. The third kappa shape index (κ3) is 10.6. The fourth-order valence-corrected chi connectivity index (χ4v) is 6.08. The second kappa shape index (κ2) is 18.6. The van der Waals surface area contributed by atoms with E-state index in [-0.39, 0.29) is 49.9 Å². The molecule has 4 rings (SSSR count). The fraction of sp³-hybridized carbons (Fsp3) is 0.410. The topological polar surface area (TPSA) is 187 Å². The van der Waals surface area contributed by atoms with Gasteiger partial charge in [-0.2, -0.15) is 0 Å². The number of guanidine groups is 1. The number of esters is 1. The second-order valence-corrected chi connectivity index (χ2v) is 13.2. The van der Waals surface area contributed by atoms with Crippen LogP contribution in [-0.2, 0) is 30.5 Å². The van der Waals surface area contributed by atoms with Gasteiger partial charge < -0.3 is 36.9 Å². The van der Waals surface area contributed by atoms with Crippen molar-refractivity contribution < 1.29 is 28.7 Å². The maximum absolute atomic E-state index is 13.8. The van der Waals surface area contributed by atoms with Crippen LogP contribution in [0.1, 0.15) is 69.6 Å². The number of ether oxygens (including phenoxy) is 2. The molecule has 7 N–H and O–H groups in total. The minimum absolute atomic E-state index is 0.0543. The van der Waals surface area contributed by atoms with Crippen molar-refractivity contribution in [2.75, 3.05) is 13.2 Å². The van der Waals surface area contributed by atoms with E-state index in [9.17, 15) is 19.2 Å². The first kappa shape index (κ1) is 38.4. The lowest BCUT2D eigenvalue weighted by Crippen LogP contribution is -2.57. The molecule has 0 saturated carbocycles. The van der Waals surface area contributed by atoms with E-state index in [0.717, 1.165) is 27.8 Å². The number of benzene rings is 3. The zero-order valence-electron chi connectivity index (χ0n) is 29.8. The number of nitrogens with one attached hydrogen (secondary N) is 3. The lowest BCUT2D eigenvalue weighted by molar-refractivity contribution is -0.151. The van der Waals surface area contributed by atoms with Crippen LogP contribution in [0.2, 0.25) is 0 Å². The standard InChI is InChI=1S/C39H50N6O6/c1-5-25(4)34(37(48)50-22-26-14-7-6-8-15-26)44-35(46)32(20-13-21-42-38(40)41)43-36(47)33(24(2)3)45-39(49)51-23-31-29-18-11-9-16-27(29)28-17-10-12-19-30(28)31/h6-12,14-19,24-25,31-34H,5,13,20-23H2,1-4H3,(H,43,47)(H,44,46)(H,45,49)(H4,40,41,42). The first-order valence-electron chi connectivity index (χ1n) is 17.5. The van der Waals surface area contributed by atoms with Crippen molar-refractivity contribution >= 4 is 29.8 Å². The van der Waals surface area contributed by atoms with Crippen molar-refractivity contribution in [1.29, 1.82) is 0 Å². The number of alkyl carbamates (subject to hydrolysis) is 1. The summed E-state index contributed by atoms with van der Waals surface area (Å²) in [5.41, 5.74) is 16.1. The summed E-state index contributed by atoms with van der Waals surface area (Å²) < 4.78 is 11.3. The minimum atomic E-state index is -1.06. The maximum Gasteiger partial charge on any atom is 0.407 e. The van der Waals surface area contributed by atoms with E-state index in [0.29, 0.717) is 12.8 Å². The number of fused-ring (bicyclic) bond motifs is 3. The number of aliphatic imine (C=N–C) groups is 1. The van der Waals surface area contributed by atoms with E-state index in [1.54, 1.807) is 13.8 Å². The zero-order chi connectivity index (χ0) is 36.9. The van der Waals surface area contributed by atoms with Crippen molar-refractivity contribution in [1.82, 2.24) is 16.0 Å². The van der Waals surface area contributed by atoms with E-state index in [1.165, 1.54) is 0 Å². The van der Waals surface area contributed by atoms with Gasteiger partial charge in [0.15, 0.2) is 5.96 Å². The molecule has 3 aromatic carbocycles. The number of hydrogen-bond acceptors (Lipinski definition) is 7. The summed E-state index contributed by atoms with van der Waals surface area (Å²) in [5, 5.41) is 8.30. The Morgan fingerprint density at radius 2 is 1.37 bits per heavy atom. The van der Waals surface area contributed by atoms with Gasteiger partial charge in [0.1, 0.15) is 31.3 Å². The smallest absolute Gasteiger partial charge is 0.407 e. The SMILES string of the molecule is CCC(C)C(NC(=O)C(CCCN=C(N)N)NC(=O)C(NC(=O)OCC1c2ccccc2-c2ccccc21)C(C)C)C(=O)OCc1ccccc1. The van der Waals surface area contributed by atoms with Gasteiger partial charge in [-0.1, -0.05) is 113 Å². The zero-order valence-corrected chi connectivity index (χ0v) is 29.8. The number of carbonyl (C=O) groups is 4. The average Bonchev–Trinajstić information content (AvgIpc) is 3.45. The minimum Gasteiger partial charge on any atom is -0.459 e. The van der Waals surface area contributed by atoms with E-state index >= 15 is 0 Å². The Bertz CT molecular complexity index is 1630. The molecule has 0 aliphatic heterocycles. The number of carbonyl (C=O) groups excluding carboxylic acids is 4. The van der Waals surface area contributed by atoms with Gasteiger partial charge in [0.05, 0.1) is 0 Å². The quantitative estimate of drug-likeness (QED) is 0.0595. The fourth-order valence-electron chi connectivity index (χ4n) is 6.08. The van der Waals surface area contributed by atoms with Crippen molar-refractivity contribution in [3.05, 3.63) is 95.6 Å². The molecule has 12 heteroatoms. The Kier molecular flexibility index (Phi) is 14.0. The highest BCUT2D eigenvalue weighted by atomic mass is 16.5. The third-order valence-electron chi connectivity index (χ3n) is 9.13. The van der Waals surface area contributed by atoms with Gasteiger partial charge in [0.25, 0.3) is 0 Å². The van der Waals surface area contributed by atoms with Gasteiger partial charge in [-0.3, -0.25) is 14.6 Å². The summed E-state index contributed by atoms with van der Waals surface area (Å²) in [4.78, 5) is 57.8. The predicted molar refractivity (Wildman–Crippen MR) is 196 cm³/mol. The second-order valence-electron chi connectivity index (χ2n) is 13.2. The first-order valence-corrected chi connectivity index (χ1v) is 17.5. The number of nitrogens with zero attached hydrogens (tertiary/aromatic N) is 1. The van der Waals surface area contributed by atoms with Crippen molar-refractivity contribution in [3.8, 4) is 11.1 Å². The summed E-state index contributed by atoms with van der Waals surface area (Å²) >= 11 is 0. The third-order valence-corrected chi connectivity index (χ3v) is 9.13. The molecule has 3 amide bonds. The highest BCUT2D eigenvalue weighted by Gasteiger charge is 2.34. The Morgan fingerprint density at radius 3 is 1.96 bits per heavy atom.